The number of aromatic nitrogens is 4. The first kappa shape index (κ1) is 18.4. The van der Waals surface area contributed by atoms with Gasteiger partial charge in [-0.05, 0) is 56.3 Å². The molecular weight excluding hydrogens is 398 g/mol. The van der Waals surface area contributed by atoms with E-state index in [4.69, 9.17) is 16.3 Å². The fraction of sp³-hybridized carbons (Fsp3) is 0.158. The van der Waals surface area contributed by atoms with Crippen LogP contribution in [0.3, 0.4) is 0 Å². The second-order valence-corrected chi connectivity index (χ2v) is 7.32. The van der Waals surface area contributed by atoms with Crippen LogP contribution in [-0.4, -0.2) is 32.3 Å². The molecule has 1 amide bonds. The second kappa shape index (κ2) is 7.57. The van der Waals surface area contributed by atoms with Crippen molar-refractivity contribution in [3.8, 4) is 16.3 Å². The zero-order valence-corrected chi connectivity index (χ0v) is 16.7. The number of benzene rings is 2. The smallest absolute Gasteiger partial charge is 0.255 e. The molecule has 2 aromatic heterocycles. The number of nitrogens with zero attached hydrogens (tertiary/aromatic N) is 4. The topological polar surface area (TPSA) is 81.4 Å². The van der Waals surface area contributed by atoms with Crippen LogP contribution in [0.4, 0.5) is 5.69 Å². The van der Waals surface area contributed by atoms with Crippen molar-refractivity contribution in [3.63, 3.8) is 0 Å². The summed E-state index contributed by atoms with van der Waals surface area (Å²) in [7, 11) is 0. The molecule has 2 heterocycles. The second-order valence-electron chi connectivity index (χ2n) is 5.96. The summed E-state index contributed by atoms with van der Waals surface area (Å²) < 4.78 is 7.10. The Bertz CT molecular complexity index is 1150. The molecule has 0 aliphatic rings. The molecule has 7 nitrogen and oxygen atoms in total. The van der Waals surface area contributed by atoms with Crippen LogP contribution in [0.25, 0.3) is 15.5 Å². The van der Waals surface area contributed by atoms with Gasteiger partial charge in [0.25, 0.3) is 5.91 Å². The average Bonchev–Trinajstić information content (AvgIpc) is 3.26. The van der Waals surface area contributed by atoms with Gasteiger partial charge >= 0.3 is 0 Å². The Balaban J connectivity index is 1.49. The van der Waals surface area contributed by atoms with Crippen molar-refractivity contribution in [2.75, 3.05) is 11.9 Å². The van der Waals surface area contributed by atoms with Gasteiger partial charge in [-0.2, -0.15) is 9.61 Å². The molecule has 9 heteroatoms. The van der Waals surface area contributed by atoms with Crippen molar-refractivity contribution >= 4 is 39.5 Å². The quantitative estimate of drug-likeness (QED) is 0.522. The van der Waals surface area contributed by atoms with E-state index < -0.39 is 0 Å². The summed E-state index contributed by atoms with van der Waals surface area (Å²) in [5.74, 6) is 1.06. The fourth-order valence-electron chi connectivity index (χ4n) is 2.65. The highest BCUT2D eigenvalue weighted by molar-refractivity contribution is 7.19. The number of rotatable bonds is 5. The number of carbonyl (C=O) groups is 1. The Hall–Kier alpha value is -2.97. The van der Waals surface area contributed by atoms with Crippen molar-refractivity contribution in [3.05, 3.63) is 58.9 Å². The number of carbonyl (C=O) groups excluding carboxylic acids is 1. The normalized spacial score (nSPS) is 11.0. The van der Waals surface area contributed by atoms with E-state index in [1.165, 1.54) is 11.3 Å². The molecular formula is C19H16ClN5O2S. The van der Waals surface area contributed by atoms with Crippen LogP contribution in [0.1, 0.15) is 23.1 Å². The number of hydrogen-bond donors (Lipinski definition) is 1. The summed E-state index contributed by atoms with van der Waals surface area (Å²) in [6.07, 6.45) is 0. The number of anilines is 1. The molecule has 4 rings (SSSR count). The van der Waals surface area contributed by atoms with Crippen LogP contribution in [0.2, 0.25) is 5.02 Å². The van der Waals surface area contributed by atoms with Gasteiger partial charge in [0, 0.05) is 16.8 Å². The highest BCUT2D eigenvalue weighted by Crippen LogP contribution is 2.28. The number of halogens is 1. The fourth-order valence-corrected chi connectivity index (χ4v) is 3.77. The van der Waals surface area contributed by atoms with E-state index in [0.29, 0.717) is 28.6 Å². The van der Waals surface area contributed by atoms with Crippen LogP contribution >= 0.6 is 22.9 Å². The molecule has 142 valence electrons. The van der Waals surface area contributed by atoms with E-state index in [9.17, 15) is 4.79 Å². The van der Waals surface area contributed by atoms with E-state index in [1.807, 2.05) is 38.1 Å². The number of fused-ring (bicyclic) bond motifs is 1. The number of nitrogens with one attached hydrogen (secondary N) is 1. The molecule has 0 atom stereocenters. The molecule has 0 saturated heterocycles. The molecule has 0 radical (unpaired) electrons. The van der Waals surface area contributed by atoms with Gasteiger partial charge in [0.2, 0.25) is 4.96 Å². The zero-order chi connectivity index (χ0) is 19.7. The van der Waals surface area contributed by atoms with Gasteiger partial charge in [0.15, 0.2) is 5.82 Å². The van der Waals surface area contributed by atoms with Gasteiger partial charge in [0.1, 0.15) is 10.8 Å². The predicted octanol–water partition coefficient (Wildman–Crippen LogP) is 4.47. The summed E-state index contributed by atoms with van der Waals surface area (Å²) in [5, 5.41) is 16.7. The number of ether oxygens (including phenoxy) is 1. The lowest BCUT2D eigenvalue weighted by Crippen LogP contribution is -2.11. The maximum Gasteiger partial charge on any atom is 0.255 e. The Morgan fingerprint density at radius 2 is 2.00 bits per heavy atom. The Labute approximate surface area is 169 Å². The van der Waals surface area contributed by atoms with Gasteiger partial charge in [-0.15, -0.1) is 10.2 Å². The van der Waals surface area contributed by atoms with Crippen molar-refractivity contribution in [1.29, 1.82) is 0 Å². The van der Waals surface area contributed by atoms with Crippen LogP contribution < -0.4 is 10.1 Å². The lowest BCUT2D eigenvalue weighted by Gasteiger charge is -2.09. The molecule has 0 saturated carbocycles. The lowest BCUT2D eigenvalue weighted by atomic mass is 10.2. The molecule has 0 aliphatic heterocycles. The van der Waals surface area contributed by atoms with E-state index in [-0.39, 0.29) is 5.91 Å². The number of amides is 1. The maximum absolute atomic E-state index is 12.5. The Kier molecular flexibility index (Phi) is 4.97. The van der Waals surface area contributed by atoms with Crippen molar-refractivity contribution in [1.82, 2.24) is 19.8 Å². The molecule has 0 spiro atoms. The minimum atomic E-state index is -0.243. The van der Waals surface area contributed by atoms with Crippen LogP contribution in [-0.2, 0) is 0 Å². The lowest BCUT2D eigenvalue weighted by molar-refractivity contribution is 0.102. The maximum atomic E-state index is 12.5. The Morgan fingerprint density at radius 3 is 2.68 bits per heavy atom. The van der Waals surface area contributed by atoms with Crippen molar-refractivity contribution in [2.24, 2.45) is 0 Å². The number of hydrogen-bond acceptors (Lipinski definition) is 6. The van der Waals surface area contributed by atoms with Crippen LogP contribution in [0.15, 0.2) is 42.5 Å². The van der Waals surface area contributed by atoms with Crippen LogP contribution in [0, 0.1) is 6.92 Å². The third-order valence-corrected chi connectivity index (χ3v) is 5.27. The van der Waals surface area contributed by atoms with E-state index >= 15 is 0 Å². The first-order valence-electron chi connectivity index (χ1n) is 8.58. The molecule has 2 aromatic carbocycles. The summed E-state index contributed by atoms with van der Waals surface area (Å²) in [5.41, 5.74) is 2.08. The van der Waals surface area contributed by atoms with Gasteiger partial charge in [-0.3, -0.25) is 4.79 Å². The standard InChI is InChI=1S/C19H16ClN5O2S/c1-3-27-16-9-6-13(10-15(16)20)17(26)21-14-7-4-12(5-8-14)18-24-25-11(2)22-23-19(25)28-18/h4-10H,3H2,1-2H3,(H,21,26). The third kappa shape index (κ3) is 3.56. The monoisotopic (exact) mass is 413 g/mol. The zero-order valence-electron chi connectivity index (χ0n) is 15.1. The minimum absolute atomic E-state index is 0.243. The Morgan fingerprint density at radius 1 is 1.21 bits per heavy atom. The van der Waals surface area contributed by atoms with Crippen molar-refractivity contribution < 1.29 is 9.53 Å². The molecule has 0 bridgehead atoms. The molecule has 28 heavy (non-hydrogen) atoms. The SMILES string of the molecule is CCOc1ccc(C(=O)Nc2ccc(-c3nn4c(C)nnc4s3)cc2)cc1Cl. The third-order valence-electron chi connectivity index (χ3n) is 4.03. The minimum Gasteiger partial charge on any atom is -0.492 e. The van der Waals surface area contributed by atoms with Gasteiger partial charge < -0.3 is 10.1 Å². The first-order chi connectivity index (χ1) is 13.5. The summed E-state index contributed by atoms with van der Waals surface area (Å²) in [6, 6.07) is 12.4. The summed E-state index contributed by atoms with van der Waals surface area (Å²) >= 11 is 7.62. The highest BCUT2D eigenvalue weighted by Gasteiger charge is 2.12. The van der Waals surface area contributed by atoms with E-state index in [1.54, 1.807) is 22.7 Å². The largest absolute Gasteiger partial charge is 0.492 e. The van der Waals surface area contributed by atoms with E-state index in [0.717, 1.165) is 21.4 Å². The van der Waals surface area contributed by atoms with E-state index in [2.05, 4.69) is 20.6 Å². The average molecular weight is 414 g/mol. The first-order valence-corrected chi connectivity index (χ1v) is 9.77. The molecule has 0 unspecified atom stereocenters. The number of aryl methyl sites for hydroxylation is 1. The van der Waals surface area contributed by atoms with Crippen LogP contribution in [0.5, 0.6) is 5.75 Å². The molecule has 0 aliphatic carbocycles. The summed E-state index contributed by atoms with van der Waals surface area (Å²) in [4.78, 5) is 13.2. The predicted molar refractivity (Wildman–Crippen MR) is 109 cm³/mol. The summed E-state index contributed by atoms with van der Waals surface area (Å²) in [6.45, 7) is 4.25. The highest BCUT2D eigenvalue weighted by atomic mass is 35.5. The molecule has 1 N–H and O–H groups in total. The van der Waals surface area contributed by atoms with Gasteiger partial charge in [-0.25, -0.2) is 0 Å². The van der Waals surface area contributed by atoms with Gasteiger partial charge in [0.05, 0.1) is 11.6 Å². The molecule has 0 fully saturated rings. The van der Waals surface area contributed by atoms with Crippen molar-refractivity contribution in [2.45, 2.75) is 13.8 Å². The molecule has 4 aromatic rings. The van der Waals surface area contributed by atoms with Gasteiger partial charge in [-0.1, -0.05) is 22.9 Å².